The van der Waals surface area contributed by atoms with Crippen LogP contribution in [0.25, 0.3) is 0 Å². The quantitative estimate of drug-likeness (QED) is 0.466. The Morgan fingerprint density at radius 3 is 2.71 bits per heavy atom. The summed E-state index contributed by atoms with van der Waals surface area (Å²) in [5.74, 6) is -0.391. The zero-order valence-electron chi connectivity index (χ0n) is 16.0. The number of carbonyl (C=O) groups excluding carboxylic acids is 2. The molecule has 1 fully saturated rings. The number of hydrogen-bond donors (Lipinski definition) is 1. The summed E-state index contributed by atoms with van der Waals surface area (Å²) < 4.78 is 11.3. The number of nitrogens with zero attached hydrogens (tertiary/aromatic N) is 2. The first-order chi connectivity index (χ1) is 15.0. The lowest BCUT2D eigenvalue weighted by molar-refractivity contribution is 0.00159. The first-order valence-corrected chi connectivity index (χ1v) is 10.3. The maximum atomic E-state index is 13.3. The van der Waals surface area contributed by atoms with E-state index in [9.17, 15) is 9.59 Å². The van der Waals surface area contributed by atoms with Gasteiger partial charge in [0.25, 0.3) is 5.88 Å². The van der Waals surface area contributed by atoms with Crippen LogP contribution in [-0.4, -0.2) is 34.8 Å². The van der Waals surface area contributed by atoms with Gasteiger partial charge in [0.2, 0.25) is 0 Å². The van der Waals surface area contributed by atoms with Gasteiger partial charge in [0.05, 0.1) is 10.6 Å². The Balaban J connectivity index is 1.49. The number of halogens is 2. The van der Waals surface area contributed by atoms with Crippen LogP contribution >= 0.6 is 23.2 Å². The molecule has 0 saturated carbocycles. The summed E-state index contributed by atoms with van der Waals surface area (Å²) in [6, 6.07) is 9.82. The van der Waals surface area contributed by atoms with Crippen molar-refractivity contribution in [3.63, 3.8) is 0 Å². The standard InChI is InChI=1S/C22H15Cl2N3O4/c23-16-10-12(30-20-19(24)26-8-9-27-20)4-5-13(16)18(28)14-2-1-3-15-17(14)21(29)31-22(15)6-7-25-11-22/h1-5,8-10,25H,6-7,11H2/t22-/m0/s1. The molecule has 5 rings (SSSR count). The predicted molar refractivity (Wildman–Crippen MR) is 113 cm³/mol. The molecule has 2 aliphatic heterocycles. The maximum absolute atomic E-state index is 13.3. The number of benzene rings is 2. The van der Waals surface area contributed by atoms with Gasteiger partial charge in [-0.15, -0.1) is 0 Å². The van der Waals surface area contributed by atoms with Crippen LogP contribution in [0, 0.1) is 0 Å². The number of ketones is 1. The van der Waals surface area contributed by atoms with E-state index in [4.69, 9.17) is 32.7 Å². The van der Waals surface area contributed by atoms with E-state index in [2.05, 4.69) is 15.3 Å². The largest absolute Gasteiger partial charge is 0.449 e. The third kappa shape index (κ3) is 3.35. The molecule has 1 aromatic heterocycles. The summed E-state index contributed by atoms with van der Waals surface area (Å²) in [5, 5.41) is 3.49. The van der Waals surface area contributed by atoms with Gasteiger partial charge in [-0.2, -0.15) is 0 Å². The topological polar surface area (TPSA) is 90.4 Å². The molecule has 1 atom stereocenters. The average molecular weight is 456 g/mol. The fourth-order valence-corrected chi connectivity index (χ4v) is 4.39. The minimum atomic E-state index is -0.708. The van der Waals surface area contributed by atoms with E-state index < -0.39 is 11.6 Å². The molecule has 0 bridgehead atoms. The highest BCUT2D eigenvalue weighted by molar-refractivity contribution is 6.35. The Morgan fingerprint density at radius 2 is 1.97 bits per heavy atom. The number of aromatic nitrogens is 2. The van der Waals surface area contributed by atoms with Crippen molar-refractivity contribution in [3.05, 3.63) is 81.2 Å². The Kier molecular flexibility index (Phi) is 4.89. The molecule has 2 aromatic carbocycles. The smallest absolute Gasteiger partial charge is 0.340 e. The number of carbonyl (C=O) groups is 2. The Morgan fingerprint density at radius 1 is 1.13 bits per heavy atom. The van der Waals surface area contributed by atoms with Gasteiger partial charge in [0.15, 0.2) is 16.5 Å². The fourth-order valence-electron chi connectivity index (χ4n) is 3.99. The zero-order valence-corrected chi connectivity index (χ0v) is 17.5. The zero-order chi connectivity index (χ0) is 21.6. The molecular formula is C22H15Cl2N3O4. The molecular weight excluding hydrogens is 441 g/mol. The van der Waals surface area contributed by atoms with Gasteiger partial charge in [-0.1, -0.05) is 41.4 Å². The lowest BCUT2D eigenvalue weighted by atomic mass is 9.87. The summed E-state index contributed by atoms with van der Waals surface area (Å²) in [6.07, 6.45) is 3.56. The molecule has 0 radical (unpaired) electrons. The molecule has 31 heavy (non-hydrogen) atoms. The second-order valence-corrected chi connectivity index (χ2v) is 8.03. The number of ether oxygens (including phenoxy) is 2. The van der Waals surface area contributed by atoms with E-state index in [1.165, 1.54) is 24.5 Å². The van der Waals surface area contributed by atoms with Gasteiger partial charge in [0, 0.05) is 48.1 Å². The summed E-state index contributed by atoms with van der Waals surface area (Å²) in [5.41, 5.74) is 0.839. The van der Waals surface area contributed by atoms with Gasteiger partial charge in [-0.3, -0.25) is 4.79 Å². The summed E-state index contributed by atoms with van der Waals surface area (Å²) in [4.78, 5) is 33.9. The van der Waals surface area contributed by atoms with Gasteiger partial charge < -0.3 is 14.8 Å². The van der Waals surface area contributed by atoms with Gasteiger partial charge in [-0.25, -0.2) is 14.8 Å². The molecule has 3 aromatic rings. The van der Waals surface area contributed by atoms with Crippen molar-refractivity contribution in [2.24, 2.45) is 0 Å². The molecule has 0 unspecified atom stereocenters. The highest BCUT2D eigenvalue weighted by Gasteiger charge is 2.48. The van der Waals surface area contributed by atoms with Crippen LogP contribution in [0.1, 0.15) is 38.3 Å². The summed E-state index contributed by atoms with van der Waals surface area (Å²) in [7, 11) is 0. The van der Waals surface area contributed by atoms with E-state index in [1.807, 2.05) is 6.07 Å². The van der Waals surface area contributed by atoms with Gasteiger partial charge in [0.1, 0.15) is 5.75 Å². The van der Waals surface area contributed by atoms with E-state index in [1.54, 1.807) is 18.2 Å². The molecule has 7 nitrogen and oxygen atoms in total. The molecule has 1 spiro atoms. The highest BCUT2D eigenvalue weighted by Crippen LogP contribution is 2.42. The van der Waals surface area contributed by atoms with Crippen molar-refractivity contribution in [1.82, 2.24) is 15.3 Å². The number of fused-ring (bicyclic) bond motifs is 2. The number of nitrogens with one attached hydrogen (secondary N) is 1. The first-order valence-electron chi connectivity index (χ1n) is 9.55. The van der Waals surface area contributed by atoms with Crippen LogP contribution < -0.4 is 10.1 Å². The third-order valence-electron chi connectivity index (χ3n) is 5.43. The second kappa shape index (κ2) is 7.60. The van der Waals surface area contributed by atoms with Crippen molar-refractivity contribution >= 4 is 35.0 Å². The molecule has 0 amide bonds. The van der Waals surface area contributed by atoms with E-state index in [0.717, 1.165) is 12.1 Å². The number of rotatable bonds is 4. The number of esters is 1. The van der Waals surface area contributed by atoms with Gasteiger partial charge in [-0.05, 0) is 18.7 Å². The van der Waals surface area contributed by atoms with Gasteiger partial charge >= 0.3 is 5.97 Å². The highest BCUT2D eigenvalue weighted by atomic mass is 35.5. The van der Waals surface area contributed by atoms with Crippen LogP contribution in [0.15, 0.2) is 48.8 Å². The number of hydrogen-bond acceptors (Lipinski definition) is 7. The lowest BCUT2D eigenvalue weighted by Crippen LogP contribution is -2.28. The fraction of sp³-hybridized carbons (Fsp3) is 0.182. The third-order valence-corrected chi connectivity index (χ3v) is 6.00. The maximum Gasteiger partial charge on any atom is 0.340 e. The Hall–Kier alpha value is -3.00. The van der Waals surface area contributed by atoms with E-state index in [0.29, 0.717) is 24.3 Å². The molecule has 1 saturated heterocycles. The van der Waals surface area contributed by atoms with Crippen LogP contribution in [0.4, 0.5) is 0 Å². The average Bonchev–Trinajstić information content (AvgIpc) is 3.34. The van der Waals surface area contributed by atoms with Crippen molar-refractivity contribution in [1.29, 1.82) is 0 Å². The van der Waals surface area contributed by atoms with E-state index >= 15 is 0 Å². The van der Waals surface area contributed by atoms with Crippen LogP contribution in [0.3, 0.4) is 0 Å². The predicted octanol–water partition coefficient (Wildman–Crippen LogP) is 4.17. The monoisotopic (exact) mass is 455 g/mol. The minimum absolute atomic E-state index is 0.104. The van der Waals surface area contributed by atoms with Crippen molar-refractivity contribution in [3.8, 4) is 11.6 Å². The Bertz CT molecular complexity index is 1230. The molecule has 1 N–H and O–H groups in total. The van der Waals surface area contributed by atoms with Crippen LogP contribution in [-0.2, 0) is 10.3 Å². The normalized spacial score (nSPS) is 19.4. The SMILES string of the molecule is O=C(c1ccc(Oc2nccnc2Cl)cc1Cl)c1cccc2c1C(=O)O[C@]21CCNC1. The van der Waals surface area contributed by atoms with Crippen molar-refractivity contribution < 1.29 is 19.1 Å². The minimum Gasteiger partial charge on any atom is -0.449 e. The first kappa shape index (κ1) is 19.9. The van der Waals surface area contributed by atoms with Crippen molar-refractivity contribution in [2.75, 3.05) is 13.1 Å². The second-order valence-electron chi connectivity index (χ2n) is 7.26. The van der Waals surface area contributed by atoms with Crippen LogP contribution in [0.5, 0.6) is 11.6 Å². The molecule has 156 valence electrons. The Labute approximate surface area is 187 Å². The lowest BCUT2D eigenvalue weighted by Gasteiger charge is -2.21. The molecule has 0 aliphatic carbocycles. The van der Waals surface area contributed by atoms with Crippen LogP contribution in [0.2, 0.25) is 10.2 Å². The summed E-state index contributed by atoms with van der Waals surface area (Å²) in [6.45, 7) is 1.27. The van der Waals surface area contributed by atoms with E-state index in [-0.39, 0.29) is 33.0 Å². The molecule has 3 heterocycles. The molecule has 2 aliphatic rings. The summed E-state index contributed by atoms with van der Waals surface area (Å²) >= 11 is 12.4. The molecule has 9 heteroatoms. The van der Waals surface area contributed by atoms with Crippen molar-refractivity contribution in [2.45, 2.75) is 12.0 Å².